The number of fused-ring (bicyclic) bond motifs is 1. The molecule has 1 aliphatic heterocycles. The highest BCUT2D eigenvalue weighted by atomic mass is 35.5. The van der Waals surface area contributed by atoms with E-state index in [-0.39, 0.29) is 0 Å². The number of rotatable bonds is 0. The van der Waals surface area contributed by atoms with Gasteiger partial charge in [-0.25, -0.2) is 0 Å². The first kappa shape index (κ1) is 9.13. The lowest BCUT2D eigenvalue weighted by molar-refractivity contribution is 0.725. The van der Waals surface area contributed by atoms with Crippen LogP contribution in [0.1, 0.15) is 5.56 Å². The fraction of sp³-hybridized carbons (Fsp3) is 0.333. The molecule has 0 fully saturated rings. The maximum atomic E-state index is 6.05. The van der Waals surface area contributed by atoms with Crippen LogP contribution in [0, 0.1) is 0 Å². The zero-order chi connectivity index (χ0) is 9.26. The molecular weight excluding hydrogens is 207 g/mol. The maximum absolute atomic E-state index is 6.05. The molecule has 0 bridgehead atoms. The molecule has 1 aromatic rings. The second-order valence-corrected chi connectivity index (χ2v) is 3.80. The van der Waals surface area contributed by atoms with E-state index in [1.54, 1.807) is 0 Å². The third kappa shape index (κ3) is 1.75. The lowest BCUT2D eigenvalue weighted by Gasteiger charge is -2.10. The number of benzene rings is 1. The number of halogens is 2. The molecule has 2 rings (SSSR count). The Hall–Kier alpha value is -0.440. The van der Waals surface area contributed by atoms with E-state index in [2.05, 4.69) is 10.6 Å². The average Bonchev–Trinajstić information content (AvgIpc) is 2.37. The molecule has 70 valence electrons. The Kier molecular flexibility index (Phi) is 2.63. The van der Waals surface area contributed by atoms with Crippen LogP contribution in [0.2, 0.25) is 10.0 Å². The molecule has 0 amide bonds. The third-order valence-electron chi connectivity index (χ3n) is 2.11. The topological polar surface area (TPSA) is 24.1 Å². The van der Waals surface area contributed by atoms with Gasteiger partial charge < -0.3 is 10.6 Å². The van der Waals surface area contributed by atoms with Crippen molar-refractivity contribution in [2.45, 2.75) is 6.54 Å². The molecule has 1 heterocycles. The summed E-state index contributed by atoms with van der Waals surface area (Å²) in [5, 5.41) is 8.03. The molecular formula is C9H10Cl2N2. The second-order valence-electron chi connectivity index (χ2n) is 2.99. The van der Waals surface area contributed by atoms with E-state index in [1.165, 1.54) is 0 Å². The van der Waals surface area contributed by atoms with Gasteiger partial charge in [-0.1, -0.05) is 23.2 Å². The van der Waals surface area contributed by atoms with Gasteiger partial charge in [0.25, 0.3) is 0 Å². The van der Waals surface area contributed by atoms with E-state index in [1.807, 2.05) is 12.1 Å². The highest BCUT2D eigenvalue weighted by molar-refractivity contribution is 6.36. The third-order valence-corrected chi connectivity index (χ3v) is 2.78. The maximum Gasteiger partial charge on any atom is 0.0641 e. The summed E-state index contributed by atoms with van der Waals surface area (Å²) in [6.07, 6.45) is 0. The molecule has 0 spiro atoms. The van der Waals surface area contributed by atoms with Crippen LogP contribution in [0.4, 0.5) is 5.69 Å². The number of hydrogen-bond acceptors (Lipinski definition) is 2. The molecule has 1 aliphatic rings. The Morgan fingerprint density at radius 3 is 2.69 bits per heavy atom. The Morgan fingerprint density at radius 1 is 1.08 bits per heavy atom. The monoisotopic (exact) mass is 216 g/mol. The number of anilines is 1. The molecule has 13 heavy (non-hydrogen) atoms. The van der Waals surface area contributed by atoms with E-state index in [4.69, 9.17) is 23.2 Å². The van der Waals surface area contributed by atoms with Crippen molar-refractivity contribution < 1.29 is 0 Å². The Labute approximate surface area is 87.2 Å². The van der Waals surface area contributed by atoms with Crippen LogP contribution in [-0.4, -0.2) is 13.1 Å². The van der Waals surface area contributed by atoms with Crippen LogP contribution in [0.3, 0.4) is 0 Å². The smallest absolute Gasteiger partial charge is 0.0641 e. The van der Waals surface area contributed by atoms with E-state index in [9.17, 15) is 0 Å². The standard InChI is InChI=1S/C9H10Cl2N2/c10-7-1-2-8(11)9-6(7)5-12-3-4-13-9/h1-2,12-13H,3-5H2. The van der Waals surface area contributed by atoms with E-state index < -0.39 is 0 Å². The fourth-order valence-electron chi connectivity index (χ4n) is 1.45. The largest absolute Gasteiger partial charge is 0.382 e. The summed E-state index contributed by atoms with van der Waals surface area (Å²) in [6, 6.07) is 3.65. The van der Waals surface area contributed by atoms with Crippen LogP contribution in [0.25, 0.3) is 0 Å². The van der Waals surface area contributed by atoms with Gasteiger partial charge in [0.05, 0.1) is 10.7 Å². The lowest BCUT2D eigenvalue weighted by atomic mass is 10.2. The molecule has 2 nitrogen and oxygen atoms in total. The van der Waals surface area contributed by atoms with Gasteiger partial charge in [0, 0.05) is 30.2 Å². The fourth-order valence-corrected chi connectivity index (χ4v) is 1.92. The van der Waals surface area contributed by atoms with Gasteiger partial charge in [-0.15, -0.1) is 0 Å². The van der Waals surface area contributed by atoms with Crippen molar-refractivity contribution >= 4 is 28.9 Å². The summed E-state index contributed by atoms with van der Waals surface area (Å²) >= 11 is 12.1. The summed E-state index contributed by atoms with van der Waals surface area (Å²) in [5.74, 6) is 0. The molecule has 0 radical (unpaired) electrons. The molecule has 0 aliphatic carbocycles. The van der Waals surface area contributed by atoms with Gasteiger partial charge in [0.2, 0.25) is 0 Å². The predicted octanol–water partition coefficient (Wildman–Crippen LogP) is 2.51. The summed E-state index contributed by atoms with van der Waals surface area (Å²) in [4.78, 5) is 0. The molecule has 2 N–H and O–H groups in total. The zero-order valence-corrected chi connectivity index (χ0v) is 8.54. The van der Waals surface area contributed by atoms with Crippen molar-refractivity contribution in [1.29, 1.82) is 0 Å². The van der Waals surface area contributed by atoms with Gasteiger partial charge >= 0.3 is 0 Å². The number of hydrogen-bond donors (Lipinski definition) is 2. The minimum Gasteiger partial charge on any atom is -0.382 e. The van der Waals surface area contributed by atoms with Crippen molar-refractivity contribution in [2.75, 3.05) is 18.4 Å². The molecule has 0 saturated carbocycles. The van der Waals surface area contributed by atoms with Gasteiger partial charge in [0.15, 0.2) is 0 Å². The molecule has 0 aromatic heterocycles. The van der Waals surface area contributed by atoms with Crippen LogP contribution in [-0.2, 0) is 6.54 Å². The van der Waals surface area contributed by atoms with Crippen LogP contribution >= 0.6 is 23.2 Å². The zero-order valence-electron chi connectivity index (χ0n) is 7.03. The van der Waals surface area contributed by atoms with Gasteiger partial charge in [0.1, 0.15) is 0 Å². The average molecular weight is 217 g/mol. The van der Waals surface area contributed by atoms with Crippen molar-refractivity contribution in [2.24, 2.45) is 0 Å². The van der Waals surface area contributed by atoms with Crippen LogP contribution in [0.15, 0.2) is 12.1 Å². The number of nitrogens with one attached hydrogen (secondary N) is 2. The first-order chi connectivity index (χ1) is 6.29. The first-order valence-corrected chi connectivity index (χ1v) is 4.96. The summed E-state index contributed by atoms with van der Waals surface area (Å²) in [7, 11) is 0. The van der Waals surface area contributed by atoms with E-state index in [0.29, 0.717) is 0 Å². The molecule has 4 heteroatoms. The van der Waals surface area contributed by atoms with E-state index in [0.717, 1.165) is 40.9 Å². The minimum absolute atomic E-state index is 0.739. The van der Waals surface area contributed by atoms with Crippen molar-refractivity contribution in [3.8, 4) is 0 Å². The van der Waals surface area contributed by atoms with Crippen molar-refractivity contribution in [3.63, 3.8) is 0 Å². The normalized spacial score (nSPS) is 15.8. The molecule has 0 saturated heterocycles. The first-order valence-electron chi connectivity index (χ1n) is 4.20. The van der Waals surface area contributed by atoms with Crippen LogP contribution < -0.4 is 10.6 Å². The Morgan fingerprint density at radius 2 is 1.85 bits per heavy atom. The quantitative estimate of drug-likeness (QED) is 0.697. The lowest BCUT2D eigenvalue weighted by Crippen LogP contribution is -2.17. The van der Waals surface area contributed by atoms with Crippen molar-refractivity contribution in [1.82, 2.24) is 5.32 Å². The SMILES string of the molecule is Clc1ccc(Cl)c2c1CNCCN2. The Bertz CT molecular complexity index is 295. The summed E-state index contributed by atoms with van der Waals surface area (Å²) in [6.45, 7) is 2.59. The molecule has 1 aromatic carbocycles. The highest BCUT2D eigenvalue weighted by Gasteiger charge is 2.12. The second kappa shape index (κ2) is 3.74. The van der Waals surface area contributed by atoms with Gasteiger partial charge in [-0.05, 0) is 12.1 Å². The summed E-state index contributed by atoms with van der Waals surface area (Å²) < 4.78 is 0. The molecule has 0 unspecified atom stereocenters. The highest BCUT2D eigenvalue weighted by Crippen LogP contribution is 2.32. The van der Waals surface area contributed by atoms with E-state index >= 15 is 0 Å². The molecule has 0 atom stereocenters. The summed E-state index contributed by atoms with van der Waals surface area (Å²) in [5.41, 5.74) is 2.03. The van der Waals surface area contributed by atoms with Crippen molar-refractivity contribution in [3.05, 3.63) is 27.7 Å². The van der Waals surface area contributed by atoms with Gasteiger partial charge in [-0.3, -0.25) is 0 Å². The predicted molar refractivity (Wildman–Crippen MR) is 56.7 cm³/mol. The Balaban J connectivity index is 2.50. The minimum atomic E-state index is 0.739. The van der Waals surface area contributed by atoms with Gasteiger partial charge in [-0.2, -0.15) is 0 Å². The van der Waals surface area contributed by atoms with Crippen LogP contribution in [0.5, 0.6) is 0 Å².